The van der Waals surface area contributed by atoms with E-state index in [1.165, 1.54) is 24.2 Å². The van der Waals surface area contributed by atoms with Crippen LogP contribution < -0.4 is 11.1 Å². The molecule has 0 saturated heterocycles. The molecular weight excluding hydrogens is 258 g/mol. The Morgan fingerprint density at radius 1 is 1.47 bits per heavy atom. The molecule has 1 aliphatic rings. The number of nitrogens with two attached hydrogens (primary N) is 1. The summed E-state index contributed by atoms with van der Waals surface area (Å²) in [4.78, 5) is 16.4. The molecule has 0 aliphatic heterocycles. The molecule has 100 valence electrons. The van der Waals surface area contributed by atoms with Crippen molar-refractivity contribution in [3.63, 3.8) is 0 Å². The molecule has 1 fully saturated rings. The van der Waals surface area contributed by atoms with Crippen molar-refractivity contribution in [3.05, 3.63) is 23.8 Å². The summed E-state index contributed by atoms with van der Waals surface area (Å²) >= 11 is 1.41. The minimum Gasteiger partial charge on any atom is -0.375 e. The summed E-state index contributed by atoms with van der Waals surface area (Å²) in [7, 11) is 0. The molecule has 1 amide bonds. The molecule has 19 heavy (non-hydrogen) atoms. The van der Waals surface area contributed by atoms with Crippen LogP contribution in [0, 0.1) is 5.92 Å². The number of amides is 1. The SMILES string of the molecule is CC1CCCC1NC(=O)c1ccc2nc(N)sc2c1. The number of aromatic nitrogens is 1. The van der Waals surface area contributed by atoms with Crippen molar-refractivity contribution >= 4 is 32.6 Å². The van der Waals surface area contributed by atoms with Gasteiger partial charge < -0.3 is 11.1 Å². The van der Waals surface area contributed by atoms with Crippen molar-refractivity contribution in [2.75, 3.05) is 5.73 Å². The van der Waals surface area contributed by atoms with Crippen LogP contribution in [0.5, 0.6) is 0 Å². The maximum atomic E-state index is 12.2. The minimum absolute atomic E-state index is 0.00706. The van der Waals surface area contributed by atoms with Crippen molar-refractivity contribution in [2.45, 2.75) is 32.2 Å². The van der Waals surface area contributed by atoms with Crippen LogP contribution in [0.15, 0.2) is 18.2 Å². The van der Waals surface area contributed by atoms with Crippen LogP contribution in [0.1, 0.15) is 36.5 Å². The summed E-state index contributed by atoms with van der Waals surface area (Å²) in [5, 5.41) is 3.67. The van der Waals surface area contributed by atoms with Gasteiger partial charge in [-0.05, 0) is 37.0 Å². The van der Waals surface area contributed by atoms with Gasteiger partial charge in [-0.15, -0.1) is 0 Å². The van der Waals surface area contributed by atoms with Crippen LogP contribution in [0.2, 0.25) is 0 Å². The standard InChI is InChI=1S/C14H17N3OS/c1-8-3-2-4-10(8)16-13(18)9-5-6-11-12(7-9)19-14(15)17-11/h5-8,10H,2-4H2,1H3,(H2,15,17)(H,16,18). The fourth-order valence-electron chi connectivity index (χ4n) is 2.70. The molecule has 0 bridgehead atoms. The number of hydrogen-bond acceptors (Lipinski definition) is 4. The van der Waals surface area contributed by atoms with Gasteiger partial charge in [-0.25, -0.2) is 4.98 Å². The van der Waals surface area contributed by atoms with E-state index >= 15 is 0 Å². The van der Waals surface area contributed by atoms with Crippen LogP contribution in [0.3, 0.4) is 0 Å². The lowest BCUT2D eigenvalue weighted by Gasteiger charge is -2.17. The highest BCUT2D eigenvalue weighted by atomic mass is 32.1. The molecule has 2 unspecified atom stereocenters. The van der Waals surface area contributed by atoms with Crippen molar-refractivity contribution in [1.29, 1.82) is 0 Å². The number of rotatable bonds is 2. The highest BCUT2D eigenvalue weighted by Crippen LogP contribution is 2.27. The molecule has 1 aromatic carbocycles. The molecule has 1 aliphatic carbocycles. The molecule has 2 aromatic rings. The fourth-order valence-corrected chi connectivity index (χ4v) is 3.47. The van der Waals surface area contributed by atoms with Gasteiger partial charge in [-0.3, -0.25) is 4.79 Å². The predicted molar refractivity (Wildman–Crippen MR) is 78.3 cm³/mol. The first-order valence-corrected chi connectivity index (χ1v) is 7.42. The molecule has 2 atom stereocenters. The first-order valence-electron chi connectivity index (χ1n) is 6.60. The summed E-state index contributed by atoms with van der Waals surface area (Å²) < 4.78 is 0.963. The van der Waals surface area contributed by atoms with E-state index in [1.54, 1.807) is 0 Å². The first-order chi connectivity index (χ1) is 9.13. The summed E-state index contributed by atoms with van der Waals surface area (Å²) in [5.74, 6) is 0.583. The summed E-state index contributed by atoms with van der Waals surface area (Å²) in [6.07, 6.45) is 3.49. The molecular formula is C14H17N3OS. The number of nitrogens with zero attached hydrogens (tertiary/aromatic N) is 1. The van der Waals surface area contributed by atoms with Gasteiger partial charge in [-0.2, -0.15) is 0 Å². The number of benzene rings is 1. The van der Waals surface area contributed by atoms with Crippen molar-refractivity contribution < 1.29 is 4.79 Å². The number of carbonyl (C=O) groups excluding carboxylic acids is 1. The Labute approximate surface area is 116 Å². The summed E-state index contributed by atoms with van der Waals surface area (Å²) in [6.45, 7) is 2.20. The number of nitrogens with one attached hydrogen (secondary N) is 1. The monoisotopic (exact) mass is 275 g/mol. The van der Waals surface area contributed by atoms with Crippen LogP contribution in [-0.4, -0.2) is 16.9 Å². The smallest absolute Gasteiger partial charge is 0.251 e. The highest BCUT2D eigenvalue weighted by molar-refractivity contribution is 7.22. The Kier molecular flexibility index (Phi) is 3.14. The number of thiazole rings is 1. The van der Waals surface area contributed by atoms with E-state index in [0.717, 1.165) is 16.6 Å². The molecule has 3 rings (SSSR count). The predicted octanol–water partition coefficient (Wildman–Crippen LogP) is 2.80. The third-order valence-electron chi connectivity index (χ3n) is 3.85. The molecule has 1 aromatic heterocycles. The van der Waals surface area contributed by atoms with Gasteiger partial charge in [0.2, 0.25) is 0 Å². The van der Waals surface area contributed by atoms with E-state index in [0.29, 0.717) is 22.7 Å². The zero-order chi connectivity index (χ0) is 13.4. The van der Waals surface area contributed by atoms with Crippen LogP contribution >= 0.6 is 11.3 Å². The Hall–Kier alpha value is -1.62. The van der Waals surface area contributed by atoms with Gasteiger partial charge in [0.1, 0.15) is 0 Å². The number of fused-ring (bicyclic) bond motifs is 1. The quantitative estimate of drug-likeness (QED) is 0.885. The average Bonchev–Trinajstić information content (AvgIpc) is 2.93. The Bertz CT molecular complexity index is 622. The normalized spacial score (nSPS) is 22.8. The number of nitrogen functional groups attached to an aromatic ring is 1. The van der Waals surface area contributed by atoms with Crippen LogP contribution in [-0.2, 0) is 0 Å². The molecule has 5 heteroatoms. The van der Waals surface area contributed by atoms with Crippen molar-refractivity contribution in [3.8, 4) is 0 Å². The first kappa shape index (κ1) is 12.4. The average molecular weight is 275 g/mol. The third kappa shape index (κ3) is 2.42. The lowest BCUT2D eigenvalue weighted by atomic mass is 10.1. The van der Waals surface area contributed by atoms with Gasteiger partial charge in [-0.1, -0.05) is 24.7 Å². The largest absolute Gasteiger partial charge is 0.375 e. The van der Waals surface area contributed by atoms with Crippen LogP contribution in [0.25, 0.3) is 10.2 Å². The molecule has 3 N–H and O–H groups in total. The number of anilines is 1. The maximum Gasteiger partial charge on any atom is 0.251 e. The van der Waals surface area contributed by atoms with E-state index in [-0.39, 0.29) is 5.91 Å². The van der Waals surface area contributed by atoms with Crippen LogP contribution in [0.4, 0.5) is 5.13 Å². The van der Waals surface area contributed by atoms with E-state index in [1.807, 2.05) is 18.2 Å². The third-order valence-corrected chi connectivity index (χ3v) is 4.69. The van der Waals surface area contributed by atoms with E-state index in [4.69, 9.17) is 5.73 Å². The maximum absolute atomic E-state index is 12.2. The molecule has 4 nitrogen and oxygen atoms in total. The number of carbonyl (C=O) groups is 1. The lowest BCUT2D eigenvalue weighted by Crippen LogP contribution is -2.36. The van der Waals surface area contributed by atoms with Gasteiger partial charge >= 0.3 is 0 Å². The molecule has 1 saturated carbocycles. The van der Waals surface area contributed by atoms with E-state index in [9.17, 15) is 4.79 Å². The van der Waals surface area contributed by atoms with E-state index in [2.05, 4.69) is 17.2 Å². The van der Waals surface area contributed by atoms with Gasteiger partial charge in [0.15, 0.2) is 5.13 Å². The second-order valence-electron chi connectivity index (χ2n) is 5.22. The van der Waals surface area contributed by atoms with Gasteiger partial charge in [0, 0.05) is 11.6 Å². The molecule has 0 radical (unpaired) electrons. The zero-order valence-electron chi connectivity index (χ0n) is 10.8. The molecule has 0 spiro atoms. The lowest BCUT2D eigenvalue weighted by molar-refractivity contribution is 0.0930. The fraction of sp³-hybridized carbons (Fsp3) is 0.429. The topological polar surface area (TPSA) is 68.0 Å². The Morgan fingerprint density at radius 2 is 2.32 bits per heavy atom. The Balaban J connectivity index is 1.80. The second-order valence-corrected chi connectivity index (χ2v) is 6.28. The van der Waals surface area contributed by atoms with Gasteiger partial charge in [0.05, 0.1) is 10.2 Å². The number of hydrogen-bond donors (Lipinski definition) is 2. The zero-order valence-corrected chi connectivity index (χ0v) is 11.7. The summed E-state index contributed by atoms with van der Waals surface area (Å²) in [5.41, 5.74) is 7.22. The van der Waals surface area contributed by atoms with Gasteiger partial charge in [0.25, 0.3) is 5.91 Å². The van der Waals surface area contributed by atoms with E-state index < -0.39 is 0 Å². The highest BCUT2D eigenvalue weighted by Gasteiger charge is 2.25. The summed E-state index contributed by atoms with van der Waals surface area (Å²) in [6, 6.07) is 5.86. The minimum atomic E-state index is 0.00706. The molecule has 1 heterocycles. The van der Waals surface area contributed by atoms with Crippen molar-refractivity contribution in [2.24, 2.45) is 5.92 Å². The van der Waals surface area contributed by atoms with Crippen molar-refractivity contribution in [1.82, 2.24) is 10.3 Å². The Morgan fingerprint density at radius 3 is 3.05 bits per heavy atom. The second kappa shape index (κ2) is 4.81.